The van der Waals surface area contributed by atoms with Crippen molar-refractivity contribution < 1.29 is 22.7 Å². The Morgan fingerprint density at radius 1 is 1.44 bits per heavy atom. The van der Waals surface area contributed by atoms with E-state index in [4.69, 9.17) is 9.52 Å². The van der Waals surface area contributed by atoms with Crippen LogP contribution in [0.5, 0.6) is 0 Å². The zero-order valence-corrected chi connectivity index (χ0v) is 11.8. The maximum Gasteiger partial charge on any atom is 0.306 e. The minimum Gasteiger partial charge on any atom is -0.481 e. The molecule has 0 atom stereocenters. The maximum absolute atomic E-state index is 12.2. The first-order valence-electron chi connectivity index (χ1n) is 5.39. The van der Waals surface area contributed by atoms with Crippen LogP contribution in [0.1, 0.15) is 12.8 Å². The number of carboxylic acid groups (broad SMARTS) is 1. The van der Waals surface area contributed by atoms with Gasteiger partial charge in [0.1, 0.15) is 0 Å². The van der Waals surface area contributed by atoms with Gasteiger partial charge in [-0.15, -0.1) is 0 Å². The number of furan rings is 1. The molecule has 1 saturated heterocycles. The molecule has 1 aromatic rings. The van der Waals surface area contributed by atoms with Crippen LogP contribution in [0.4, 0.5) is 0 Å². The van der Waals surface area contributed by atoms with Crippen molar-refractivity contribution in [2.45, 2.75) is 17.9 Å². The van der Waals surface area contributed by atoms with Gasteiger partial charge in [-0.05, 0) is 34.8 Å². The fourth-order valence-corrected chi connectivity index (χ4v) is 4.16. The second kappa shape index (κ2) is 5.02. The van der Waals surface area contributed by atoms with Gasteiger partial charge in [0.15, 0.2) is 0 Å². The highest BCUT2D eigenvalue weighted by molar-refractivity contribution is 9.10. The number of carboxylic acids is 1. The first-order valence-corrected chi connectivity index (χ1v) is 7.62. The molecule has 1 aromatic heterocycles. The molecular formula is C10H12BrNO5S. The maximum atomic E-state index is 12.2. The summed E-state index contributed by atoms with van der Waals surface area (Å²) in [4.78, 5) is 10.8. The van der Waals surface area contributed by atoms with Gasteiger partial charge >= 0.3 is 5.97 Å². The molecule has 0 spiro atoms. The Balaban J connectivity index is 2.15. The molecular weight excluding hydrogens is 326 g/mol. The molecule has 1 aliphatic heterocycles. The molecule has 0 unspecified atom stereocenters. The quantitative estimate of drug-likeness (QED) is 0.903. The number of piperidine rings is 1. The highest BCUT2D eigenvalue weighted by Crippen LogP contribution is 2.29. The molecule has 0 aliphatic carbocycles. The number of aliphatic carboxylic acids is 1. The van der Waals surface area contributed by atoms with Gasteiger partial charge in [-0.2, -0.15) is 4.31 Å². The molecule has 0 saturated carbocycles. The van der Waals surface area contributed by atoms with Crippen molar-refractivity contribution in [3.63, 3.8) is 0 Å². The predicted octanol–water partition coefficient (Wildman–Crippen LogP) is 1.53. The van der Waals surface area contributed by atoms with Crippen LogP contribution in [0.15, 0.2) is 26.3 Å². The number of rotatable bonds is 3. The summed E-state index contributed by atoms with van der Waals surface area (Å²) in [6, 6.07) is 1.51. The average Bonchev–Trinajstić information content (AvgIpc) is 2.76. The van der Waals surface area contributed by atoms with Gasteiger partial charge in [0.25, 0.3) is 10.0 Å². The second-order valence-electron chi connectivity index (χ2n) is 4.07. The lowest BCUT2D eigenvalue weighted by Gasteiger charge is -2.28. The van der Waals surface area contributed by atoms with Crippen LogP contribution < -0.4 is 0 Å². The summed E-state index contributed by atoms with van der Waals surface area (Å²) in [7, 11) is -3.67. The van der Waals surface area contributed by atoms with Crippen LogP contribution in [0.25, 0.3) is 0 Å². The van der Waals surface area contributed by atoms with E-state index in [1.807, 2.05) is 0 Å². The van der Waals surface area contributed by atoms with E-state index < -0.39 is 21.9 Å². The lowest BCUT2D eigenvalue weighted by Crippen LogP contribution is -2.40. The standard InChI is InChI=1S/C10H12BrNO5S/c11-8-3-6-17-10(8)18(15,16)12-4-1-7(2-5-12)9(13)14/h3,6-7H,1-2,4-5H2,(H,13,14). The minimum atomic E-state index is -3.67. The van der Waals surface area contributed by atoms with E-state index in [0.717, 1.165) is 0 Å². The normalized spacial score (nSPS) is 18.9. The SMILES string of the molecule is O=C(O)C1CCN(S(=O)(=O)c2occc2Br)CC1. The predicted molar refractivity (Wildman–Crippen MR) is 65.5 cm³/mol. The number of halogens is 1. The van der Waals surface area contributed by atoms with Crippen molar-refractivity contribution >= 4 is 31.9 Å². The Morgan fingerprint density at radius 3 is 2.50 bits per heavy atom. The molecule has 8 heteroatoms. The first kappa shape index (κ1) is 13.6. The van der Waals surface area contributed by atoms with Crippen molar-refractivity contribution in [2.75, 3.05) is 13.1 Å². The van der Waals surface area contributed by atoms with Gasteiger partial charge in [0, 0.05) is 13.1 Å². The van der Waals surface area contributed by atoms with Gasteiger partial charge in [-0.25, -0.2) is 8.42 Å². The molecule has 2 heterocycles. The Morgan fingerprint density at radius 2 is 2.06 bits per heavy atom. The van der Waals surface area contributed by atoms with Gasteiger partial charge in [0.2, 0.25) is 5.09 Å². The van der Waals surface area contributed by atoms with Crippen LogP contribution in [0.2, 0.25) is 0 Å². The Labute approximate surface area is 113 Å². The van der Waals surface area contributed by atoms with Crippen LogP contribution >= 0.6 is 15.9 Å². The number of carbonyl (C=O) groups is 1. The van der Waals surface area contributed by atoms with Crippen LogP contribution in [0.3, 0.4) is 0 Å². The van der Waals surface area contributed by atoms with Crippen molar-refractivity contribution in [1.29, 1.82) is 0 Å². The molecule has 1 aliphatic rings. The third kappa shape index (κ3) is 2.45. The molecule has 0 radical (unpaired) electrons. The molecule has 2 rings (SSSR count). The van der Waals surface area contributed by atoms with Crippen molar-refractivity contribution in [2.24, 2.45) is 5.92 Å². The lowest BCUT2D eigenvalue weighted by molar-refractivity contribution is -0.142. The first-order chi connectivity index (χ1) is 8.43. The molecule has 0 aromatic carbocycles. The largest absolute Gasteiger partial charge is 0.481 e. The molecule has 0 amide bonds. The van der Waals surface area contributed by atoms with Crippen molar-refractivity contribution in [3.8, 4) is 0 Å². The fraction of sp³-hybridized carbons (Fsp3) is 0.500. The highest BCUT2D eigenvalue weighted by atomic mass is 79.9. The summed E-state index contributed by atoms with van der Waals surface area (Å²) in [5.74, 6) is -1.33. The number of nitrogens with zero attached hydrogens (tertiary/aromatic N) is 1. The Hall–Kier alpha value is -0.860. The highest BCUT2D eigenvalue weighted by Gasteiger charge is 2.34. The third-order valence-electron chi connectivity index (χ3n) is 2.96. The molecule has 100 valence electrons. The van der Waals surface area contributed by atoms with E-state index in [1.165, 1.54) is 16.6 Å². The lowest BCUT2D eigenvalue weighted by atomic mass is 9.99. The summed E-state index contributed by atoms with van der Waals surface area (Å²) in [5.41, 5.74) is 0. The average molecular weight is 338 g/mol. The number of sulfonamides is 1. The zero-order chi connectivity index (χ0) is 13.3. The molecule has 1 fully saturated rings. The number of hydrogen-bond acceptors (Lipinski definition) is 4. The molecule has 18 heavy (non-hydrogen) atoms. The van der Waals surface area contributed by atoms with Crippen LogP contribution in [0, 0.1) is 5.92 Å². The van der Waals surface area contributed by atoms with Gasteiger partial charge in [-0.1, -0.05) is 0 Å². The third-order valence-corrected chi connectivity index (χ3v) is 5.68. The summed E-state index contributed by atoms with van der Waals surface area (Å²) >= 11 is 3.11. The van der Waals surface area contributed by atoms with E-state index >= 15 is 0 Å². The summed E-state index contributed by atoms with van der Waals surface area (Å²) in [6.45, 7) is 0.402. The van der Waals surface area contributed by atoms with Crippen molar-refractivity contribution in [3.05, 3.63) is 16.8 Å². The molecule has 1 N–H and O–H groups in total. The zero-order valence-electron chi connectivity index (χ0n) is 9.37. The van der Waals surface area contributed by atoms with E-state index in [0.29, 0.717) is 17.3 Å². The topological polar surface area (TPSA) is 87.8 Å². The van der Waals surface area contributed by atoms with E-state index in [9.17, 15) is 13.2 Å². The summed E-state index contributed by atoms with van der Waals surface area (Å²) < 4.78 is 31.0. The minimum absolute atomic E-state index is 0.128. The van der Waals surface area contributed by atoms with Gasteiger partial charge in [0.05, 0.1) is 16.7 Å². The smallest absolute Gasteiger partial charge is 0.306 e. The van der Waals surface area contributed by atoms with E-state index in [2.05, 4.69) is 15.9 Å². The Bertz CT molecular complexity index is 544. The molecule has 6 nitrogen and oxygen atoms in total. The second-order valence-corrected chi connectivity index (χ2v) is 6.76. The van der Waals surface area contributed by atoms with E-state index in [1.54, 1.807) is 0 Å². The van der Waals surface area contributed by atoms with Crippen molar-refractivity contribution in [1.82, 2.24) is 4.31 Å². The monoisotopic (exact) mass is 337 g/mol. The molecule has 0 bridgehead atoms. The van der Waals surface area contributed by atoms with E-state index in [-0.39, 0.29) is 18.2 Å². The number of hydrogen-bond donors (Lipinski definition) is 1. The Kier molecular flexibility index (Phi) is 3.79. The summed E-state index contributed by atoms with van der Waals surface area (Å²) in [5, 5.41) is 8.73. The van der Waals surface area contributed by atoms with Crippen LogP contribution in [-0.2, 0) is 14.8 Å². The fourth-order valence-electron chi connectivity index (χ4n) is 1.92. The van der Waals surface area contributed by atoms with Gasteiger partial charge < -0.3 is 9.52 Å². The summed E-state index contributed by atoms with van der Waals surface area (Å²) in [6.07, 6.45) is 1.95. The van der Waals surface area contributed by atoms with Gasteiger partial charge in [-0.3, -0.25) is 4.79 Å². The van der Waals surface area contributed by atoms with Crippen LogP contribution in [-0.4, -0.2) is 36.9 Å².